The van der Waals surface area contributed by atoms with Crippen molar-refractivity contribution in [3.63, 3.8) is 0 Å². The molecule has 6 heteroatoms. The smallest absolute Gasteiger partial charge is 0.221 e. The van der Waals surface area contributed by atoms with Crippen molar-refractivity contribution < 1.29 is 9.53 Å². The molecule has 1 saturated heterocycles. The minimum Gasteiger partial charge on any atom is -0.383 e. The Bertz CT molecular complexity index is 539. The number of amides is 1. The molecular formula is C18H30N4O2. The van der Waals surface area contributed by atoms with Crippen LogP contribution in [0.5, 0.6) is 0 Å². The molecule has 1 saturated carbocycles. The number of carbonyl (C=O) groups is 1. The van der Waals surface area contributed by atoms with E-state index < -0.39 is 0 Å². The van der Waals surface area contributed by atoms with Gasteiger partial charge in [0.05, 0.1) is 24.5 Å². The molecule has 2 aliphatic rings. The Kier molecular flexibility index (Phi) is 5.89. The molecule has 134 valence electrons. The molecule has 0 unspecified atom stereocenters. The van der Waals surface area contributed by atoms with Crippen LogP contribution >= 0.6 is 0 Å². The van der Waals surface area contributed by atoms with Crippen molar-refractivity contribution in [1.82, 2.24) is 14.7 Å². The van der Waals surface area contributed by atoms with Crippen molar-refractivity contribution >= 4 is 11.6 Å². The van der Waals surface area contributed by atoms with E-state index >= 15 is 0 Å². The summed E-state index contributed by atoms with van der Waals surface area (Å²) in [6, 6.07) is 0.826. The number of aromatic nitrogens is 2. The van der Waals surface area contributed by atoms with Crippen LogP contribution in [0.1, 0.15) is 51.5 Å². The Morgan fingerprint density at radius 3 is 2.88 bits per heavy atom. The Balaban J connectivity index is 1.62. The summed E-state index contributed by atoms with van der Waals surface area (Å²) in [5.41, 5.74) is 0.775. The normalized spacial score (nSPS) is 25.9. The van der Waals surface area contributed by atoms with Gasteiger partial charge in [-0.25, -0.2) is 0 Å². The van der Waals surface area contributed by atoms with Gasteiger partial charge < -0.3 is 10.1 Å². The van der Waals surface area contributed by atoms with Crippen molar-refractivity contribution in [2.45, 2.75) is 57.5 Å². The monoisotopic (exact) mass is 334 g/mol. The molecular weight excluding hydrogens is 304 g/mol. The highest BCUT2D eigenvalue weighted by Gasteiger charge is 2.34. The number of anilines is 1. The molecule has 3 rings (SSSR count). The van der Waals surface area contributed by atoms with E-state index in [1.807, 2.05) is 10.9 Å². The topological polar surface area (TPSA) is 59.4 Å². The molecule has 2 fully saturated rings. The lowest BCUT2D eigenvalue weighted by Gasteiger charge is -2.30. The first-order valence-electron chi connectivity index (χ1n) is 9.20. The summed E-state index contributed by atoms with van der Waals surface area (Å²) in [6.45, 7) is 4.51. The Labute approximate surface area is 144 Å². The molecule has 1 aliphatic carbocycles. The quantitative estimate of drug-likeness (QED) is 0.869. The van der Waals surface area contributed by atoms with E-state index in [1.54, 1.807) is 13.3 Å². The van der Waals surface area contributed by atoms with Gasteiger partial charge in [-0.1, -0.05) is 19.3 Å². The number of hydrogen-bond acceptors (Lipinski definition) is 4. The Hall–Kier alpha value is -1.40. The van der Waals surface area contributed by atoms with Crippen LogP contribution in [-0.2, 0) is 9.53 Å². The van der Waals surface area contributed by atoms with E-state index in [-0.39, 0.29) is 5.91 Å². The van der Waals surface area contributed by atoms with Crippen LogP contribution in [0, 0.1) is 5.92 Å². The number of nitrogens with one attached hydrogen (secondary N) is 1. The van der Waals surface area contributed by atoms with Crippen LogP contribution in [0.15, 0.2) is 12.4 Å². The van der Waals surface area contributed by atoms with E-state index in [2.05, 4.69) is 15.3 Å². The lowest BCUT2D eigenvalue weighted by molar-refractivity contribution is -0.114. The standard InChI is InChI=1S/C18H30N4O2/c1-14(23)20-16-9-19-22(11-16)17-8-18(13-24-2)21(12-17)10-15-6-4-3-5-7-15/h9,11,15,17-18H,3-8,10,12-13H2,1-2H3,(H,20,23)/t17-,18-/m0/s1. The molecule has 1 aromatic heterocycles. The van der Waals surface area contributed by atoms with Crippen molar-refractivity contribution in [3.05, 3.63) is 12.4 Å². The highest BCUT2D eigenvalue weighted by atomic mass is 16.5. The van der Waals surface area contributed by atoms with Crippen LogP contribution in [0.2, 0.25) is 0 Å². The molecule has 2 atom stereocenters. The first-order chi connectivity index (χ1) is 11.7. The summed E-state index contributed by atoms with van der Waals surface area (Å²) in [5, 5.41) is 7.26. The fourth-order valence-corrected chi connectivity index (χ4v) is 4.25. The predicted octanol–water partition coefficient (Wildman–Crippen LogP) is 2.68. The van der Waals surface area contributed by atoms with Crippen LogP contribution < -0.4 is 5.32 Å². The number of rotatable bonds is 6. The average molecular weight is 334 g/mol. The van der Waals surface area contributed by atoms with Crippen molar-refractivity contribution in [2.24, 2.45) is 5.92 Å². The number of hydrogen-bond donors (Lipinski definition) is 1. The minimum absolute atomic E-state index is 0.0582. The van der Waals surface area contributed by atoms with E-state index in [0.29, 0.717) is 12.1 Å². The number of carbonyl (C=O) groups excluding carboxylic acids is 1. The van der Waals surface area contributed by atoms with Gasteiger partial charge in [0.15, 0.2) is 0 Å². The van der Waals surface area contributed by atoms with Gasteiger partial charge in [0.25, 0.3) is 0 Å². The highest BCUT2D eigenvalue weighted by molar-refractivity contribution is 5.88. The van der Waals surface area contributed by atoms with Crippen LogP contribution in [-0.4, -0.2) is 53.4 Å². The van der Waals surface area contributed by atoms with Gasteiger partial charge in [-0.05, 0) is 25.2 Å². The third-order valence-corrected chi connectivity index (χ3v) is 5.38. The first kappa shape index (κ1) is 17.4. The molecule has 0 spiro atoms. The fourth-order valence-electron chi connectivity index (χ4n) is 4.25. The summed E-state index contributed by atoms with van der Waals surface area (Å²) in [5.74, 6) is 0.779. The summed E-state index contributed by atoms with van der Waals surface area (Å²) in [4.78, 5) is 13.8. The van der Waals surface area contributed by atoms with E-state index in [1.165, 1.54) is 45.6 Å². The fraction of sp³-hybridized carbons (Fsp3) is 0.778. The van der Waals surface area contributed by atoms with Crippen LogP contribution in [0.3, 0.4) is 0 Å². The zero-order chi connectivity index (χ0) is 16.9. The second-order valence-corrected chi connectivity index (χ2v) is 7.35. The van der Waals surface area contributed by atoms with Gasteiger partial charge in [0.1, 0.15) is 0 Å². The minimum atomic E-state index is -0.0582. The van der Waals surface area contributed by atoms with Crippen molar-refractivity contribution in [3.8, 4) is 0 Å². The summed E-state index contributed by atoms with van der Waals surface area (Å²) >= 11 is 0. The Morgan fingerprint density at radius 2 is 2.17 bits per heavy atom. The number of methoxy groups -OCH3 is 1. The average Bonchev–Trinajstić information content (AvgIpc) is 3.16. The molecule has 1 aliphatic heterocycles. The maximum atomic E-state index is 11.2. The zero-order valence-corrected chi connectivity index (χ0v) is 14.9. The third-order valence-electron chi connectivity index (χ3n) is 5.38. The lowest BCUT2D eigenvalue weighted by Crippen LogP contribution is -2.37. The number of ether oxygens (including phenoxy) is 1. The van der Waals surface area contributed by atoms with Gasteiger partial charge >= 0.3 is 0 Å². The van der Waals surface area contributed by atoms with Crippen molar-refractivity contribution in [1.29, 1.82) is 0 Å². The number of likely N-dealkylation sites (tertiary alicyclic amines) is 1. The summed E-state index contributed by atoms with van der Waals surface area (Å²) in [6.07, 6.45) is 11.6. The molecule has 1 amide bonds. The Morgan fingerprint density at radius 1 is 1.38 bits per heavy atom. The van der Waals surface area contributed by atoms with E-state index in [4.69, 9.17) is 4.74 Å². The van der Waals surface area contributed by atoms with Gasteiger partial charge in [-0.2, -0.15) is 5.10 Å². The molecule has 1 aromatic rings. The maximum absolute atomic E-state index is 11.2. The molecule has 1 N–H and O–H groups in total. The SMILES string of the molecule is COC[C@@H]1C[C@H](n2cc(NC(C)=O)cn2)CN1CC1CCCCC1. The summed E-state index contributed by atoms with van der Waals surface area (Å²) in [7, 11) is 1.79. The van der Waals surface area contributed by atoms with Gasteiger partial charge in [0.2, 0.25) is 5.91 Å². The second kappa shape index (κ2) is 8.12. The lowest BCUT2D eigenvalue weighted by atomic mass is 9.89. The van der Waals surface area contributed by atoms with Gasteiger partial charge in [-0.15, -0.1) is 0 Å². The largest absolute Gasteiger partial charge is 0.383 e. The summed E-state index contributed by atoms with van der Waals surface area (Å²) < 4.78 is 7.47. The molecule has 0 radical (unpaired) electrons. The number of nitrogens with zero attached hydrogens (tertiary/aromatic N) is 3. The third kappa shape index (κ3) is 4.36. The maximum Gasteiger partial charge on any atom is 0.221 e. The molecule has 6 nitrogen and oxygen atoms in total. The zero-order valence-electron chi connectivity index (χ0n) is 14.9. The van der Waals surface area contributed by atoms with Crippen LogP contribution in [0.25, 0.3) is 0 Å². The highest BCUT2D eigenvalue weighted by Crippen LogP contribution is 2.32. The van der Waals surface area contributed by atoms with Gasteiger partial charge in [-0.3, -0.25) is 14.4 Å². The molecule has 2 heterocycles. The first-order valence-corrected chi connectivity index (χ1v) is 9.20. The van der Waals surface area contributed by atoms with E-state index in [0.717, 1.165) is 31.2 Å². The second-order valence-electron chi connectivity index (χ2n) is 7.35. The molecule has 0 aromatic carbocycles. The van der Waals surface area contributed by atoms with Gasteiger partial charge in [0, 0.05) is 39.4 Å². The van der Waals surface area contributed by atoms with Crippen molar-refractivity contribution in [2.75, 3.05) is 32.1 Å². The van der Waals surface area contributed by atoms with Crippen LogP contribution in [0.4, 0.5) is 5.69 Å². The van der Waals surface area contributed by atoms with E-state index in [9.17, 15) is 4.79 Å². The predicted molar refractivity (Wildman–Crippen MR) is 94.0 cm³/mol. The molecule has 24 heavy (non-hydrogen) atoms. The molecule has 0 bridgehead atoms.